The van der Waals surface area contributed by atoms with Gasteiger partial charge in [-0.2, -0.15) is 13.2 Å². The second-order valence-corrected chi connectivity index (χ2v) is 3.61. The van der Waals surface area contributed by atoms with Crippen LogP contribution in [0.5, 0.6) is 0 Å². The number of benzene rings is 1. The summed E-state index contributed by atoms with van der Waals surface area (Å²) in [6.07, 6.45) is -5.08. The predicted octanol–water partition coefficient (Wildman–Crippen LogP) is 2.72. The van der Waals surface area contributed by atoms with E-state index in [1.807, 2.05) is 6.92 Å². The van der Waals surface area contributed by atoms with Crippen LogP contribution in [0.25, 0.3) is 0 Å². The summed E-state index contributed by atoms with van der Waals surface area (Å²) in [6, 6.07) is 6.80. The maximum atomic E-state index is 11.2. The summed E-state index contributed by atoms with van der Waals surface area (Å²) in [7, 11) is 0. The third-order valence-electron chi connectivity index (χ3n) is 1.69. The van der Waals surface area contributed by atoms with Gasteiger partial charge in [-0.05, 0) is 31.2 Å². The molecule has 0 aliphatic rings. The minimum absolute atomic E-state index is 0.0610. The molecule has 0 radical (unpaired) electrons. The summed E-state index contributed by atoms with van der Waals surface area (Å²) >= 11 is 5.66. The molecule has 0 saturated heterocycles. The first-order chi connectivity index (χ1) is 8.68. The van der Waals surface area contributed by atoms with Crippen LogP contribution in [0.2, 0.25) is 5.02 Å². The molecule has 1 aromatic rings. The lowest BCUT2D eigenvalue weighted by molar-refractivity contribution is -0.192. The van der Waals surface area contributed by atoms with Gasteiger partial charge in [0.1, 0.15) is 0 Å². The maximum Gasteiger partial charge on any atom is 0.490 e. The Morgan fingerprint density at radius 3 is 2.00 bits per heavy atom. The van der Waals surface area contributed by atoms with Gasteiger partial charge in [-0.1, -0.05) is 11.6 Å². The van der Waals surface area contributed by atoms with Crippen LogP contribution in [-0.4, -0.2) is 29.7 Å². The molecule has 0 aromatic heterocycles. The number of carbonyl (C=O) groups is 2. The highest BCUT2D eigenvalue weighted by molar-refractivity contribution is 6.30. The predicted molar refractivity (Wildman–Crippen MR) is 63.2 cm³/mol. The summed E-state index contributed by atoms with van der Waals surface area (Å²) in [4.78, 5) is 20.1. The Bertz CT molecular complexity index is 432. The van der Waals surface area contributed by atoms with Gasteiger partial charge in [0.15, 0.2) is 0 Å². The van der Waals surface area contributed by atoms with Crippen molar-refractivity contribution in [2.45, 2.75) is 13.1 Å². The van der Waals surface area contributed by atoms with Crippen LogP contribution < -0.4 is 5.32 Å². The number of aliphatic carboxylic acids is 1. The average molecular weight is 298 g/mol. The zero-order valence-corrected chi connectivity index (χ0v) is 10.5. The molecule has 0 aliphatic heterocycles. The van der Waals surface area contributed by atoms with Gasteiger partial charge in [0.05, 0.1) is 0 Å². The van der Waals surface area contributed by atoms with E-state index in [4.69, 9.17) is 21.5 Å². The van der Waals surface area contributed by atoms with Crippen molar-refractivity contribution in [1.82, 2.24) is 5.32 Å². The van der Waals surface area contributed by atoms with Crippen molar-refractivity contribution in [1.29, 1.82) is 0 Å². The molecule has 4 nitrogen and oxygen atoms in total. The molecule has 106 valence electrons. The first kappa shape index (κ1) is 17.2. The maximum absolute atomic E-state index is 11.2. The van der Waals surface area contributed by atoms with Crippen molar-refractivity contribution in [3.05, 3.63) is 34.9 Å². The topological polar surface area (TPSA) is 66.4 Å². The largest absolute Gasteiger partial charge is 0.490 e. The smallest absolute Gasteiger partial charge is 0.475 e. The Kier molecular flexibility index (Phi) is 6.92. The van der Waals surface area contributed by atoms with Crippen LogP contribution in [0.15, 0.2) is 24.3 Å². The summed E-state index contributed by atoms with van der Waals surface area (Å²) < 4.78 is 31.7. The lowest BCUT2D eigenvalue weighted by atomic mass is 10.2. The lowest BCUT2D eigenvalue weighted by Crippen LogP contribution is -2.22. The van der Waals surface area contributed by atoms with E-state index >= 15 is 0 Å². The molecule has 0 aliphatic carbocycles. The molecule has 0 fully saturated rings. The molecule has 0 unspecified atom stereocenters. The van der Waals surface area contributed by atoms with Crippen molar-refractivity contribution < 1.29 is 27.9 Å². The van der Waals surface area contributed by atoms with E-state index in [2.05, 4.69) is 5.32 Å². The van der Waals surface area contributed by atoms with Gasteiger partial charge in [0, 0.05) is 17.1 Å². The van der Waals surface area contributed by atoms with Gasteiger partial charge in [0.2, 0.25) is 0 Å². The third-order valence-corrected chi connectivity index (χ3v) is 1.94. The standard InChI is InChI=1S/C9H10ClNO.C2HF3O2/c1-2-11-9(12)7-3-5-8(10)6-4-7;3-2(4,5)1(6)7/h3-6H,2H2,1H3,(H,11,12);(H,6,7). The Hall–Kier alpha value is -1.76. The van der Waals surface area contributed by atoms with E-state index in [1.165, 1.54) is 0 Å². The number of rotatable bonds is 2. The number of alkyl halides is 3. The molecule has 0 atom stereocenters. The first-order valence-corrected chi connectivity index (χ1v) is 5.40. The van der Waals surface area contributed by atoms with E-state index in [9.17, 15) is 18.0 Å². The van der Waals surface area contributed by atoms with Crippen molar-refractivity contribution in [2.24, 2.45) is 0 Å². The van der Waals surface area contributed by atoms with Crippen LogP contribution in [0.4, 0.5) is 13.2 Å². The van der Waals surface area contributed by atoms with Gasteiger partial charge < -0.3 is 10.4 Å². The number of carboxylic acid groups (broad SMARTS) is 1. The van der Waals surface area contributed by atoms with E-state index in [-0.39, 0.29) is 5.91 Å². The Morgan fingerprint density at radius 2 is 1.68 bits per heavy atom. The summed E-state index contributed by atoms with van der Waals surface area (Å²) in [5, 5.41) is 10.5. The number of hydrogen-bond donors (Lipinski definition) is 2. The molecule has 1 rings (SSSR count). The lowest BCUT2D eigenvalue weighted by Gasteiger charge is -2.00. The van der Waals surface area contributed by atoms with E-state index in [1.54, 1.807) is 24.3 Å². The Labute approximate surface area is 112 Å². The van der Waals surface area contributed by atoms with Crippen molar-refractivity contribution in [3.8, 4) is 0 Å². The quantitative estimate of drug-likeness (QED) is 0.882. The number of hydrogen-bond acceptors (Lipinski definition) is 2. The molecule has 19 heavy (non-hydrogen) atoms. The highest BCUT2D eigenvalue weighted by atomic mass is 35.5. The van der Waals surface area contributed by atoms with Crippen LogP contribution in [0.1, 0.15) is 17.3 Å². The second kappa shape index (κ2) is 7.63. The van der Waals surface area contributed by atoms with Gasteiger partial charge in [0.25, 0.3) is 5.91 Å². The summed E-state index contributed by atoms with van der Waals surface area (Å²) in [6.45, 7) is 2.52. The Balaban J connectivity index is 0.000000399. The average Bonchev–Trinajstić information content (AvgIpc) is 2.29. The second-order valence-electron chi connectivity index (χ2n) is 3.17. The number of nitrogens with one attached hydrogen (secondary N) is 1. The Morgan fingerprint density at radius 1 is 1.26 bits per heavy atom. The summed E-state index contributed by atoms with van der Waals surface area (Å²) in [5.74, 6) is -2.82. The van der Waals surface area contributed by atoms with Crippen molar-refractivity contribution in [3.63, 3.8) is 0 Å². The number of halogens is 4. The molecule has 1 aromatic carbocycles. The number of amides is 1. The minimum Gasteiger partial charge on any atom is -0.475 e. The van der Waals surface area contributed by atoms with E-state index in [0.717, 1.165) is 0 Å². The summed E-state index contributed by atoms with van der Waals surface area (Å²) in [5.41, 5.74) is 0.640. The fourth-order valence-electron chi connectivity index (χ4n) is 0.864. The molecular weight excluding hydrogens is 287 g/mol. The van der Waals surface area contributed by atoms with Crippen LogP contribution in [0.3, 0.4) is 0 Å². The monoisotopic (exact) mass is 297 g/mol. The SMILES string of the molecule is CCNC(=O)c1ccc(Cl)cc1.O=C(O)C(F)(F)F. The molecule has 0 spiro atoms. The molecule has 2 N–H and O–H groups in total. The molecule has 8 heteroatoms. The van der Waals surface area contributed by atoms with Crippen LogP contribution >= 0.6 is 11.6 Å². The number of carbonyl (C=O) groups excluding carboxylic acids is 1. The van der Waals surface area contributed by atoms with Gasteiger partial charge >= 0.3 is 12.1 Å². The highest BCUT2D eigenvalue weighted by Gasteiger charge is 2.38. The highest BCUT2D eigenvalue weighted by Crippen LogP contribution is 2.13. The van der Waals surface area contributed by atoms with E-state index in [0.29, 0.717) is 17.1 Å². The molecule has 0 heterocycles. The van der Waals surface area contributed by atoms with Gasteiger partial charge in [-0.25, -0.2) is 4.79 Å². The minimum atomic E-state index is -5.08. The first-order valence-electron chi connectivity index (χ1n) is 5.02. The third kappa shape index (κ3) is 7.30. The molecular formula is C11H11ClF3NO3. The zero-order chi connectivity index (χ0) is 15.1. The molecule has 0 bridgehead atoms. The molecule has 0 saturated carbocycles. The van der Waals surface area contributed by atoms with Crippen LogP contribution in [0, 0.1) is 0 Å². The van der Waals surface area contributed by atoms with E-state index < -0.39 is 12.1 Å². The van der Waals surface area contributed by atoms with Crippen molar-refractivity contribution in [2.75, 3.05) is 6.54 Å². The fourth-order valence-corrected chi connectivity index (χ4v) is 0.990. The number of carboxylic acids is 1. The zero-order valence-electron chi connectivity index (χ0n) is 9.79. The normalized spacial score (nSPS) is 10.2. The fraction of sp³-hybridized carbons (Fsp3) is 0.273. The van der Waals surface area contributed by atoms with Gasteiger partial charge in [-0.15, -0.1) is 0 Å². The van der Waals surface area contributed by atoms with Crippen LogP contribution in [-0.2, 0) is 4.79 Å². The van der Waals surface area contributed by atoms with Crippen molar-refractivity contribution >= 4 is 23.5 Å². The molecule has 1 amide bonds. The van der Waals surface area contributed by atoms with Gasteiger partial charge in [-0.3, -0.25) is 4.79 Å².